The molecule has 7 heteroatoms. The number of piperidine rings is 2. The maximum atomic E-state index is 13.1. The fourth-order valence-corrected chi connectivity index (χ4v) is 5.03. The van der Waals surface area contributed by atoms with E-state index in [2.05, 4.69) is 30.4 Å². The van der Waals surface area contributed by atoms with Gasteiger partial charge in [0.2, 0.25) is 5.91 Å². The van der Waals surface area contributed by atoms with Gasteiger partial charge in [-0.25, -0.2) is 0 Å². The Hall–Kier alpha value is -1.50. The highest BCUT2D eigenvalue weighted by Gasteiger charge is 2.43. The number of likely N-dealkylation sites (tertiary alicyclic amines) is 2. The van der Waals surface area contributed by atoms with Crippen LogP contribution in [0.25, 0.3) is 0 Å². The summed E-state index contributed by atoms with van der Waals surface area (Å²) in [5, 5.41) is 4.16. The van der Waals surface area contributed by atoms with Gasteiger partial charge in [-0.15, -0.1) is 5.10 Å². The number of aryl methyl sites for hydroxylation is 1. The van der Waals surface area contributed by atoms with Crippen LogP contribution in [0.5, 0.6) is 0 Å². The number of hydrogen-bond donors (Lipinski definition) is 0. The third kappa shape index (κ3) is 4.68. The van der Waals surface area contributed by atoms with E-state index in [9.17, 15) is 9.59 Å². The molecule has 150 valence electrons. The Morgan fingerprint density at radius 2 is 2.11 bits per heavy atom. The molecular formula is C20H32N4O2S. The molecule has 0 N–H and O–H groups in total. The van der Waals surface area contributed by atoms with Crippen LogP contribution in [-0.4, -0.2) is 57.4 Å². The first kappa shape index (κ1) is 20.2. The standard InChI is InChI=1S/C20H32N4O2S/c1-4-6-16-18(27-22-21-16)19(26)24-11-5-9-20(14-24)10-7-17(25)23(13-20)12-8-15(2)3/h15H,4-14H2,1-3H3. The molecular weight excluding hydrogens is 360 g/mol. The van der Waals surface area contributed by atoms with Crippen molar-refractivity contribution >= 4 is 23.3 Å². The Bertz CT molecular complexity index is 675. The largest absolute Gasteiger partial charge is 0.342 e. The number of carbonyl (C=O) groups is 2. The lowest BCUT2D eigenvalue weighted by Gasteiger charge is -2.48. The molecule has 0 aliphatic carbocycles. The molecule has 2 aliphatic rings. The third-order valence-corrected chi connectivity index (χ3v) is 6.67. The van der Waals surface area contributed by atoms with Crippen molar-refractivity contribution in [3.63, 3.8) is 0 Å². The normalized spacial score (nSPS) is 23.5. The molecule has 1 aromatic rings. The monoisotopic (exact) mass is 392 g/mol. The van der Waals surface area contributed by atoms with Crippen LogP contribution in [0.15, 0.2) is 0 Å². The lowest BCUT2D eigenvalue weighted by molar-refractivity contribution is -0.139. The summed E-state index contributed by atoms with van der Waals surface area (Å²) in [6.07, 6.45) is 6.42. The van der Waals surface area contributed by atoms with Gasteiger partial charge in [0.15, 0.2) is 0 Å². The Morgan fingerprint density at radius 3 is 2.85 bits per heavy atom. The van der Waals surface area contributed by atoms with Gasteiger partial charge in [-0.3, -0.25) is 9.59 Å². The summed E-state index contributed by atoms with van der Waals surface area (Å²) in [4.78, 5) is 30.3. The van der Waals surface area contributed by atoms with Crippen molar-refractivity contribution in [2.45, 2.75) is 65.7 Å². The van der Waals surface area contributed by atoms with Gasteiger partial charge < -0.3 is 9.80 Å². The zero-order valence-corrected chi connectivity index (χ0v) is 17.7. The molecule has 3 rings (SSSR count). The number of hydrogen-bond acceptors (Lipinski definition) is 5. The number of aromatic nitrogens is 2. The average molecular weight is 393 g/mol. The van der Waals surface area contributed by atoms with Gasteiger partial charge in [0.05, 0.1) is 5.69 Å². The Labute approximate surface area is 166 Å². The fourth-order valence-electron chi connectivity index (χ4n) is 4.35. The second kappa shape index (κ2) is 8.67. The maximum absolute atomic E-state index is 13.1. The molecule has 27 heavy (non-hydrogen) atoms. The minimum atomic E-state index is 0.0574. The highest BCUT2D eigenvalue weighted by molar-refractivity contribution is 7.08. The maximum Gasteiger partial charge on any atom is 0.267 e. The number of amides is 2. The van der Waals surface area contributed by atoms with Gasteiger partial charge >= 0.3 is 0 Å². The molecule has 0 radical (unpaired) electrons. The van der Waals surface area contributed by atoms with Gasteiger partial charge in [-0.2, -0.15) is 0 Å². The molecule has 0 aromatic carbocycles. The molecule has 1 atom stereocenters. The second-order valence-electron chi connectivity index (χ2n) is 8.63. The molecule has 6 nitrogen and oxygen atoms in total. The van der Waals surface area contributed by atoms with E-state index in [-0.39, 0.29) is 17.2 Å². The smallest absolute Gasteiger partial charge is 0.267 e. The van der Waals surface area contributed by atoms with Crippen molar-refractivity contribution < 1.29 is 9.59 Å². The van der Waals surface area contributed by atoms with Crippen molar-refractivity contribution in [3.05, 3.63) is 10.6 Å². The van der Waals surface area contributed by atoms with Crippen LogP contribution in [-0.2, 0) is 11.2 Å². The first-order valence-electron chi connectivity index (χ1n) is 10.3. The Balaban J connectivity index is 1.70. The molecule has 1 spiro atoms. The molecule has 2 aliphatic heterocycles. The van der Waals surface area contributed by atoms with Crippen LogP contribution in [0, 0.1) is 11.3 Å². The van der Waals surface area contributed by atoms with Gasteiger partial charge in [0, 0.05) is 38.0 Å². The van der Waals surface area contributed by atoms with Crippen molar-refractivity contribution in [2.75, 3.05) is 26.2 Å². The molecule has 0 bridgehead atoms. The summed E-state index contributed by atoms with van der Waals surface area (Å²) < 4.78 is 4.01. The molecule has 3 heterocycles. The Kier molecular flexibility index (Phi) is 6.50. The Morgan fingerprint density at radius 1 is 1.30 bits per heavy atom. The minimum Gasteiger partial charge on any atom is -0.342 e. The molecule has 0 saturated carbocycles. The first-order chi connectivity index (χ1) is 12.9. The SMILES string of the molecule is CCCc1nnsc1C(=O)N1CCCC2(CCC(=O)N(CCC(C)C)C2)C1. The van der Waals surface area contributed by atoms with E-state index in [4.69, 9.17) is 0 Å². The van der Waals surface area contributed by atoms with E-state index in [1.807, 2.05) is 9.80 Å². The summed E-state index contributed by atoms with van der Waals surface area (Å²) >= 11 is 1.22. The molecule has 2 saturated heterocycles. The van der Waals surface area contributed by atoms with Crippen LogP contribution < -0.4 is 0 Å². The van der Waals surface area contributed by atoms with Crippen molar-refractivity contribution in [3.8, 4) is 0 Å². The van der Waals surface area contributed by atoms with Gasteiger partial charge in [-0.05, 0) is 49.6 Å². The highest BCUT2D eigenvalue weighted by Crippen LogP contribution is 2.39. The second-order valence-corrected chi connectivity index (χ2v) is 9.38. The molecule has 1 aromatic heterocycles. The summed E-state index contributed by atoms with van der Waals surface area (Å²) in [5.74, 6) is 0.954. The topological polar surface area (TPSA) is 66.4 Å². The van der Waals surface area contributed by atoms with Gasteiger partial charge in [-0.1, -0.05) is 31.7 Å². The van der Waals surface area contributed by atoms with E-state index < -0.39 is 0 Å². The zero-order chi connectivity index (χ0) is 19.4. The lowest BCUT2D eigenvalue weighted by atomic mass is 9.73. The zero-order valence-electron chi connectivity index (χ0n) is 16.9. The number of carbonyl (C=O) groups excluding carboxylic acids is 2. The predicted octanol–water partition coefficient (Wildman–Crippen LogP) is 3.38. The molecule has 2 fully saturated rings. The van der Waals surface area contributed by atoms with Gasteiger partial charge in [0.1, 0.15) is 4.88 Å². The first-order valence-corrected chi connectivity index (χ1v) is 11.1. The highest BCUT2D eigenvalue weighted by atomic mass is 32.1. The average Bonchev–Trinajstić information content (AvgIpc) is 3.11. The van der Waals surface area contributed by atoms with E-state index in [1.165, 1.54) is 11.5 Å². The van der Waals surface area contributed by atoms with Crippen LogP contribution in [0.1, 0.15) is 74.7 Å². The van der Waals surface area contributed by atoms with Crippen LogP contribution >= 0.6 is 11.5 Å². The quantitative estimate of drug-likeness (QED) is 0.744. The van der Waals surface area contributed by atoms with E-state index in [0.717, 1.165) is 70.4 Å². The van der Waals surface area contributed by atoms with Crippen LogP contribution in [0.2, 0.25) is 0 Å². The van der Waals surface area contributed by atoms with E-state index >= 15 is 0 Å². The molecule has 1 unspecified atom stereocenters. The van der Waals surface area contributed by atoms with E-state index in [1.54, 1.807) is 0 Å². The third-order valence-electron chi connectivity index (χ3n) is 5.91. The van der Waals surface area contributed by atoms with Crippen LogP contribution in [0.4, 0.5) is 0 Å². The molecule has 2 amide bonds. The summed E-state index contributed by atoms with van der Waals surface area (Å²) in [7, 11) is 0. The van der Waals surface area contributed by atoms with Crippen molar-refractivity contribution in [1.29, 1.82) is 0 Å². The van der Waals surface area contributed by atoms with Crippen molar-refractivity contribution in [2.24, 2.45) is 11.3 Å². The lowest BCUT2D eigenvalue weighted by Crippen LogP contribution is -2.55. The van der Waals surface area contributed by atoms with Crippen molar-refractivity contribution in [1.82, 2.24) is 19.4 Å². The van der Waals surface area contributed by atoms with Crippen LogP contribution in [0.3, 0.4) is 0 Å². The fraction of sp³-hybridized carbons (Fsp3) is 0.800. The number of rotatable bonds is 6. The van der Waals surface area contributed by atoms with E-state index in [0.29, 0.717) is 17.2 Å². The minimum absolute atomic E-state index is 0.0574. The summed E-state index contributed by atoms with van der Waals surface area (Å²) in [6, 6.07) is 0. The summed E-state index contributed by atoms with van der Waals surface area (Å²) in [5.41, 5.74) is 0.895. The summed E-state index contributed by atoms with van der Waals surface area (Å²) in [6.45, 7) is 9.67. The number of nitrogens with zero attached hydrogens (tertiary/aromatic N) is 4. The van der Waals surface area contributed by atoms with Gasteiger partial charge in [0.25, 0.3) is 5.91 Å². The predicted molar refractivity (Wildman–Crippen MR) is 107 cm³/mol.